The highest BCUT2D eigenvalue weighted by atomic mass is 32.1. The molecule has 1 radical (unpaired) electrons. The monoisotopic (exact) mass is 160 g/mol. The fraction of sp³-hybridized carbons (Fsp3) is 0.500. The van der Waals surface area contributed by atoms with Crippen molar-refractivity contribution in [3.05, 3.63) is 16.6 Å². The van der Waals surface area contributed by atoms with Crippen LogP contribution < -0.4 is 0 Å². The minimum absolute atomic E-state index is 0.0334. The van der Waals surface area contributed by atoms with Crippen LogP contribution in [0.15, 0.2) is 5.38 Å². The molecule has 2 rings (SSSR count). The Morgan fingerprint density at radius 3 is 2.90 bits per heavy atom. The second-order valence-electron chi connectivity index (χ2n) is 2.33. The van der Waals surface area contributed by atoms with Gasteiger partial charge in [0.25, 0.3) is 5.92 Å². The molecule has 1 atom stereocenters. The van der Waals surface area contributed by atoms with Crippen LogP contribution in [-0.4, -0.2) is 10.9 Å². The summed E-state index contributed by atoms with van der Waals surface area (Å²) in [6, 6.07) is 0. The van der Waals surface area contributed by atoms with Gasteiger partial charge in [-0.15, -0.1) is 11.3 Å². The van der Waals surface area contributed by atoms with Gasteiger partial charge < -0.3 is 0 Å². The predicted molar refractivity (Wildman–Crippen MR) is 33.3 cm³/mol. The van der Waals surface area contributed by atoms with Crippen molar-refractivity contribution in [3.63, 3.8) is 0 Å². The summed E-state index contributed by atoms with van der Waals surface area (Å²) in [5.74, 6) is -3.09. The minimum atomic E-state index is -2.48. The molecule has 1 aliphatic rings. The van der Waals surface area contributed by atoms with Crippen LogP contribution in [0.3, 0.4) is 0 Å². The third-order valence-electron chi connectivity index (χ3n) is 1.53. The molecule has 1 unspecified atom stereocenters. The van der Waals surface area contributed by atoms with Gasteiger partial charge in [-0.05, 0) is 0 Å². The van der Waals surface area contributed by atoms with E-state index in [4.69, 9.17) is 0 Å². The quantitative estimate of drug-likeness (QED) is 0.612. The highest BCUT2D eigenvalue weighted by molar-refractivity contribution is 7.09. The van der Waals surface area contributed by atoms with E-state index in [2.05, 4.69) is 11.2 Å². The number of nitrogens with zero attached hydrogens (tertiary/aromatic N) is 1. The first kappa shape index (κ1) is 6.22. The van der Waals surface area contributed by atoms with Gasteiger partial charge in [0.1, 0.15) is 11.2 Å². The molecule has 1 saturated carbocycles. The van der Waals surface area contributed by atoms with E-state index in [-0.39, 0.29) is 6.42 Å². The molecule has 0 bridgehead atoms. The minimum Gasteiger partial charge on any atom is -0.239 e. The summed E-state index contributed by atoms with van der Waals surface area (Å²) in [5.41, 5.74) is 0. The number of hydrogen-bond acceptors (Lipinski definition) is 2. The number of alkyl halides is 2. The Bertz CT molecular complexity index is 232. The molecule has 0 amide bonds. The average Bonchev–Trinajstić information content (AvgIpc) is 2.31. The predicted octanol–water partition coefficient (Wildman–Crippen LogP) is 2.07. The smallest absolute Gasteiger partial charge is 0.239 e. The second-order valence-corrected chi connectivity index (χ2v) is 3.22. The lowest BCUT2D eigenvalue weighted by atomic mass is 10.4. The summed E-state index contributed by atoms with van der Waals surface area (Å²) < 4.78 is 24.6. The zero-order valence-corrected chi connectivity index (χ0v) is 5.79. The Balaban J connectivity index is 2.19. The van der Waals surface area contributed by atoms with Crippen molar-refractivity contribution in [1.82, 2.24) is 4.98 Å². The molecule has 1 fully saturated rings. The molecule has 0 N–H and O–H groups in total. The van der Waals surface area contributed by atoms with Crippen LogP contribution in [-0.2, 0) is 0 Å². The van der Waals surface area contributed by atoms with Gasteiger partial charge in [-0.25, -0.2) is 13.8 Å². The van der Waals surface area contributed by atoms with E-state index in [1.807, 2.05) is 0 Å². The lowest BCUT2D eigenvalue weighted by Crippen LogP contribution is -1.91. The highest BCUT2D eigenvalue weighted by Gasteiger charge is 2.59. The van der Waals surface area contributed by atoms with Crippen molar-refractivity contribution in [1.29, 1.82) is 0 Å². The first-order chi connectivity index (χ1) is 4.70. The summed E-state index contributed by atoms with van der Waals surface area (Å²) in [5, 5.41) is 2.12. The number of thiazole rings is 1. The van der Waals surface area contributed by atoms with Gasteiger partial charge in [0.2, 0.25) is 0 Å². The van der Waals surface area contributed by atoms with Crippen molar-refractivity contribution in [3.8, 4) is 0 Å². The number of hydrogen-bond donors (Lipinski definition) is 0. The Morgan fingerprint density at radius 1 is 1.80 bits per heavy atom. The summed E-state index contributed by atoms with van der Waals surface area (Å²) in [7, 11) is 0. The molecule has 1 aromatic rings. The SMILES string of the molecule is FC1(F)CC1c1n[c]cs1. The first-order valence-corrected chi connectivity index (χ1v) is 3.77. The molecular formula is C6H4F2NS. The van der Waals surface area contributed by atoms with Crippen LogP contribution in [0.2, 0.25) is 0 Å². The normalized spacial score (nSPS) is 28.4. The van der Waals surface area contributed by atoms with Gasteiger partial charge in [-0.1, -0.05) is 0 Å². The van der Waals surface area contributed by atoms with Gasteiger partial charge in [0.15, 0.2) is 0 Å². The van der Waals surface area contributed by atoms with E-state index in [1.165, 1.54) is 11.3 Å². The standard InChI is InChI=1S/C6H4F2NS/c7-6(8)3-4(6)5-9-1-2-10-5/h2,4H,3H2. The Hall–Kier alpha value is -0.510. The molecule has 10 heavy (non-hydrogen) atoms. The summed E-state index contributed by atoms with van der Waals surface area (Å²) in [6.45, 7) is 0. The zero-order valence-electron chi connectivity index (χ0n) is 4.97. The van der Waals surface area contributed by atoms with E-state index in [1.54, 1.807) is 5.38 Å². The fourth-order valence-corrected chi connectivity index (χ4v) is 1.60. The van der Waals surface area contributed by atoms with Crippen molar-refractivity contribution >= 4 is 11.3 Å². The van der Waals surface area contributed by atoms with Gasteiger partial charge in [0, 0.05) is 11.8 Å². The fourth-order valence-electron chi connectivity index (χ4n) is 0.844. The molecule has 0 aliphatic heterocycles. The third kappa shape index (κ3) is 0.831. The lowest BCUT2D eigenvalue weighted by molar-refractivity contribution is 0.112. The number of aromatic nitrogens is 1. The maximum atomic E-state index is 12.3. The van der Waals surface area contributed by atoms with Crippen LogP contribution in [0.25, 0.3) is 0 Å². The summed E-state index contributed by atoms with van der Waals surface area (Å²) in [4.78, 5) is 3.69. The van der Waals surface area contributed by atoms with Crippen molar-refractivity contribution in [2.24, 2.45) is 0 Å². The Morgan fingerprint density at radius 2 is 2.50 bits per heavy atom. The second kappa shape index (κ2) is 1.75. The van der Waals surface area contributed by atoms with Gasteiger partial charge >= 0.3 is 0 Å². The van der Waals surface area contributed by atoms with Gasteiger partial charge in [-0.2, -0.15) is 0 Å². The van der Waals surface area contributed by atoms with Gasteiger partial charge in [-0.3, -0.25) is 0 Å². The number of halogens is 2. The Labute approximate surface area is 60.7 Å². The van der Waals surface area contributed by atoms with E-state index in [0.717, 1.165) is 0 Å². The molecule has 1 aliphatic carbocycles. The highest BCUT2D eigenvalue weighted by Crippen LogP contribution is 2.55. The maximum absolute atomic E-state index is 12.3. The van der Waals surface area contributed by atoms with Crippen molar-refractivity contribution in [2.45, 2.75) is 18.3 Å². The topological polar surface area (TPSA) is 12.9 Å². The van der Waals surface area contributed by atoms with Crippen molar-refractivity contribution in [2.75, 3.05) is 0 Å². The van der Waals surface area contributed by atoms with E-state index in [0.29, 0.717) is 5.01 Å². The van der Waals surface area contributed by atoms with Crippen LogP contribution in [0, 0.1) is 6.20 Å². The molecule has 4 heteroatoms. The molecule has 0 aromatic carbocycles. The molecule has 0 spiro atoms. The molecule has 53 valence electrons. The molecule has 1 nitrogen and oxygen atoms in total. The van der Waals surface area contributed by atoms with Gasteiger partial charge in [0.05, 0.1) is 5.92 Å². The van der Waals surface area contributed by atoms with Crippen LogP contribution in [0.1, 0.15) is 17.3 Å². The number of rotatable bonds is 1. The van der Waals surface area contributed by atoms with Crippen LogP contribution in [0.5, 0.6) is 0 Å². The molecule has 1 aromatic heterocycles. The Kier molecular flexibility index (Phi) is 1.09. The third-order valence-corrected chi connectivity index (χ3v) is 2.37. The first-order valence-electron chi connectivity index (χ1n) is 2.89. The lowest BCUT2D eigenvalue weighted by Gasteiger charge is -1.89. The zero-order chi connectivity index (χ0) is 7.19. The molecular weight excluding hydrogens is 156 g/mol. The van der Waals surface area contributed by atoms with E-state index >= 15 is 0 Å². The van der Waals surface area contributed by atoms with E-state index < -0.39 is 11.8 Å². The summed E-state index contributed by atoms with van der Waals surface area (Å²) in [6.07, 6.45) is 2.49. The maximum Gasteiger partial charge on any atom is 0.258 e. The largest absolute Gasteiger partial charge is 0.258 e. The van der Waals surface area contributed by atoms with Crippen LogP contribution in [0.4, 0.5) is 8.78 Å². The summed E-state index contributed by atoms with van der Waals surface area (Å²) >= 11 is 1.25. The van der Waals surface area contributed by atoms with Crippen molar-refractivity contribution < 1.29 is 8.78 Å². The molecule has 1 heterocycles. The van der Waals surface area contributed by atoms with Crippen LogP contribution >= 0.6 is 11.3 Å². The molecule has 0 saturated heterocycles. The van der Waals surface area contributed by atoms with E-state index in [9.17, 15) is 8.78 Å². The average molecular weight is 160 g/mol.